The number of hydrazine groups is 2. The number of amides is 1. The van der Waals surface area contributed by atoms with E-state index in [-0.39, 0.29) is 12.0 Å². The maximum absolute atomic E-state index is 12.5. The van der Waals surface area contributed by atoms with E-state index >= 15 is 0 Å². The third kappa shape index (κ3) is 2.99. The molecule has 0 spiro atoms. The number of thiophene rings is 1. The van der Waals surface area contributed by atoms with E-state index in [4.69, 9.17) is 4.74 Å². The highest BCUT2D eigenvalue weighted by atomic mass is 32.1. The van der Waals surface area contributed by atoms with Crippen LogP contribution in [0.4, 0.5) is 0 Å². The molecule has 0 fully saturated rings. The van der Waals surface area contributed by atoms with Crippen LogP contribution in [-0.2, 0) is 13.0 Å². The summed E-state index contributed by atoms with van der Waals surface area (Å²) in [5.74, 6) is 0.493. The minimum atomic E-state index is -0.204. The van der Waals surface area contributed by atoms with Crippen molar-refractivity contribution in [2.24, 2.45) is 10.3 Å². The summed E-state index contributed by atoms with van der Waals surface area (Å²) in [7, 11) is 0. The first-order valence-corrected chi connectivity index (χ1v) is 7.69. The first-order valence-electron chi connectivity index (χ1n) is 6.87. The highest BCUT2D eigenvalue weighted by Crippen LogP contribution is 2.38. The number of carbonyl (C=O) groups excluding carboxylic acids is 1. The average molecular weight is 310 g/mol. The molecule has 8 nitrogen and oxygen atoms in total. The van der Waals surface area contributed by atoms with Crippen LogP contribution in [0.15, 0.2) is 10.3 Å². The van der Waals surface area contributed by atoms with Crippen LogP contribution in [0.3, 0.4) is 0 Å². The highest BCUT2D eigenvalue weighted by molar-refractivity contribution is 7.14. The molecule has 0 bridgehead atoms. The molecule has 0 unspecified atom stereocenters. The zero-order valence-electron chi connectivity index (χ0n) is 12.0. The van der Waals surface area contributed by atoms with Crippen LogP contribution < -0.4 is 21.0 Å². The van der Waals surface area contributed by atoms with Gasteiger partial charge in [0.1, 0.15) is 10.6 Å². The van der Waals surface area contributed by atoms with Crippen LogP contribution in [0.5, 0.6) is 5.75 Å². The number of rotatable bonds is 4. The normalized spacial score (nSPS) is 17.7. The molecule has 21 heavy (non-hydrogen) atoms. The fourth-order valence-electron chi connectivity index (χ4n) is 2.25. The van der Waals surface area contributed by atoms with Gasteiger partial charge in [0.2, 0.25) is 0 Å². The van der Waals surface area contributed by atoms with Gasteiger partial charge < -0.3 is 10.1 Å². The molecule has 3 N–H and O–H groups in total. The molecule has 1 aromatic rings. The fourth-order valence-corrected chi connectivity index (χ4v) is 3.39. The summed E-state index contributed by atoms with van der Waals surface area (Å²) in [6.07, 6.45) is 0.945. The van der Waals surface area contributed by atoms with Crippen molar-refractivity contribution in [1.82, 2.24) is 21.4 Å². The van der Waals surface area contributed by atoms with Gasteiger partial charge in [0, 0.05) is 23.5 Å². The molecule has 0 saturated carbocycles. The van der Waals surface area contributed by atoms with Gasteiger partial charge in [-0.15, -0.1) is 11.3 Å². The fraction of sp³-hybridized carbons (Fsp3) is 0.583. The van der Waals surface area contributed by atoms with Crippen LogP contribution in [0.25, 0.3) is 0 Å². The van der Waals surface area contributed by atoms with Crippen molar-refractivity contribution in [2.75, 3.05) is 13.2 Å². The molecule has 0 radical (unpaired) electrons. The lowest BCUT2D eigenvalue weighted by Crippen LogP contribution is -2.45. The summed E-state index contributed by atoms with van der Waals surface area (Å²) in [5.41, 5.74) is 6.42. The molecule has 3 heterocycles. The van der Waals surface area contributed by atoms with Gasteiger partial charge in [-0.2, -0.15) is 5.11 Å². The molecule has 2 aliphatic heterocycles. The molecule has 3 rings (SSSR count). The topological polar surface area (TPSA) is 90.3 Å². The number of carbonyl (C=O) groups is 1. The largest absolute Gasteiger partial charge is 0.489 e. The summed E-state index contributed by atoms with van der Waals surface area (Å²) in [4.78, 5) is 14.3. The molecule has 0 aliphatic carbocycles. The van der Waals surface area contributed by atoms with E-state index in [1.165, 1.54) is 21.3 Å². The minimum Gasteiger partial charge on any atom is -0.489 e. The second kappa shape index (κ2) is 5.96. The van der Waals surface area contributed by atoms with Crippen LogP contribution in [0, 0.1) is 0 Å². The van der Waals surface area contributed by atoms with Crippen molar-refractivity contribution < 1.29 is 9.53 Å². The number of ether oxygens (including phenoxy) is 1. The van der Waals surface area contributed by atoms with Gasteiger partial charge in [-0.3, -0.25) is 10.2 Å². The zero-order valence-corrected chi connectivity index (χ0v) is 12.8. The molecule has 1 aromatic heterocycles. The number of nitrogens with zero attached hydrogens (tertiary/aromatic N) is 3. The third-order valence-electron chi connectivity index (χ3n) is 3.11. The summed E-state index contributed by atoms with van der Waals surface area (Å²) in [6.45, 7) is 5.89. The Labute approximate surface area is 126 Å². The lowest BCUT2D eigenvalue weighted by atomic mass is 10.1. The van der Waals surface area contributed by atoms with E-state index in [0.29, 0.717) is 17.3 Å². The van der Waals surface area contributed by atoms with Crippen molar-refractivity contribution in [3.8, 4) is 5.75 Å². The smallest absolute Gasteiger partial charge is 0.280 e. The van der Waals surface area contributed by atoms with E-state index in [2.05, 4.69) is 26.6 Å². The zero-order chi connectivity index (χ0) is 14.8. The van der Waals surface area contributed by atoms with Crippen LogP contribution >= 0.6 is 11.3 Å². The summed E-state index contributed by atoms with van der Waals surface area (Å²) >= 11 is 1.50. The quantitative estimate of drug-likeness (QED) is 0.771. The minimum absolute atomic E-state index is 0.0205. The van der Waals surface area contributed by atoms with Crippen molar-refractivity contribution in [2.45, 2.75) is 32.9 Å². The first kappa shape index (κ1) is 14.2. The van der Waals surface area contributed by atoms with Crippen LogP contribution in [-0.4, -0.2) is 30.3 Å². The summed E-state index contributed by atoms with van der Waals surface area (Å²) < 4.78 is 5.89. The van der Waals surface area contributed by atoms with Gasteiger partial charge in [0.25, 0.3) is 5.91 Å². The monoisotopic (exact) mass is 310 g/mol. The van der Waals surface area contributed by atoms with E-state index in [1.54, 1.807) is 0 Å². The maximum atomic E-state index is 12.5. The lowest BCUT2D eigenvalue weighted by molar-refractivity contribution is 0.0733. The predicted octanol–water partition coefficient (Wildman–Crippen LogP) is 0.971. The third-order valence-corrected chi connectivity index (χ3v) is 4.38. The molecule has 114 valence electrons. The van der Waals surface area contributed by atoms with Gasteiger partial charge in [0.05, 0.1) is 6.10 Å². The molecular formula is C12H18N6O2S. The lowest BCUT2D eigenvalue weighted by Gasteiger charge is -2.17. The highest BCUT2D eigenvalue weighted by Gasteiger charge is 2.27. The Morgan fingerprint density at radius 2 is 2.38 bits per heavy atom. The molecule has 0 saturated heterocycles. The van der Waals surface area contributed by atoms with Gasteiger partial charge in [-0.25, -0.2) is 5.53 Å². The van der Waals surface area contributed by atoms with Crippen LogP contribution in [0.2, 0.25) is 0 Å². The second-order valence-corrected chi connectivity index (χ2v) is 6.21. The predicted molar refractivity (Wildman–Crippen MR) is 77.7 cm³/mol. The van der Waals surface area contributed by atoms with Crippen molar-refractivity contribution in [3.05, 3.63) is 15.3 Å². The molecule has 2 aliphatic rings. The summed E-state index contributed by atoms with van der Waals surface area (Å²) in [6, 6.07) is 0. The van der Waals surface area contributed by atoms with E-state index in [1.807, 2.05) is 13.8 Å². The standard InChI is InChI=1S/C12H18N6O2S/c1-7(2)20-10-8-5-13-4-3-9(8)21-11(10)12(19)15-18-6-14-16-17-18/h7,13H,3-6H2,1-2H3,(H,14,17)(H,15,19). The number of nitrogens with one attached hydrogen (secondary N) is 3. The second-order valence-electron chi connectivity index (χ2n) is 5.11. The number of fused-ring (bicyclic) bond motifs is 1. The Morgan fingerprint density at radius 1 is 1.52 bits per heavy atom. The van der Waals surface area contributed by atoms with E-state index < -0.39 is 0 Å². The van der Waals surface area contributed by atoms with Gasteiger partial charge in [-0.05, 0) is 20.3 Å². The van der Waals surface area contributed by atoms with E-state index in [0.717, 1.165) is 25.1 Å². The molecule has 0 aromatic carbocycles. The Hall–Kier alpha value is -1.71. The van der Waals surface area contributed by atoms with Crippen molar-refractivity contribution in [1.29, 1.82) is 0 Å². The Bertz CT molecular complexity index is 562. The summed E-state index contributed by atoms with van der Waals surface area (Å²) in [5, 5.41) is 12.1. The average Bonchev–Trinajstić information content (AvgIpc) is 3.07. The maximum Gasteiger partial charge on any atom is 0.280 e. The molecule has 9 heteroatoms. The number of hydrogen-bond donors (Lipinski definition) is 3. The molecule has 0 atom stereocenters. The van der Waals surface area contributed by atoms with E-state index in [9.17, 15) is 4.79 Å². The Balaban J connectivity index is 1.85. The first-order chi connectivity index (χ1) is 10.1. The Morgan fingerprint density at radius 3 is 3.10 bits per heavy atom. The molecular weight excluding hydrogens is 292 g/mol. The SMILES string of the molecule is CC(C)Oc1c(C(=O)NN2CN=NN2)sc2c1CNCC2. The molecule has 1 amide bonds. The van der Waals surface area contributed by atoms with Crippen molar-refractivity contribution in [3.63, 3.8) is 0 Å². The van der Waals surface area contributed by atoms with Crippen LogP contribution in [0.1, 0.15) is 34.0 Å². The Kier molecular flexibility index (Phi) is 4.04. The van der Waals surface area contributed by atoms with Crippen molar-refractivity contribution >= 4 is 17.2 Å². The van der Waals surface area contributed by atoms with Gasteiger partial charge >= 0.3 is 0 Å². The number of hydrogen-bond acceptors (Lipinski definition) is 8. The van der Waals surface area contributed by atoms with Gasteiger partial charge in [0.15, 0.2) is 6.67 Å². The van der Waals surface area contributed by atoms with Gasteiger partial charge in [-0.1, -0.05) is 10.3 Å².